The second-order valence-corrected chi connectivity index (χ2v) is 6.86. The third-order valence-corrected chi connectivity index (χ3v) is 5.15. The monoisotopic (exact) mass is 405 g/mol. The van der Waals surface area contributed by atoms with Gasteiger partial charge in [-0.25, -0.2) is 0 Å². The number of pyridine rings is 1. The molecule has 1 aliphatic rings. The van der Waals surface area contributed by atoms with E-state index in [0.717, 1.165) is 17.1 Å². The van der Waals surface area contributed by atoms with Crippen LogP contribution in [0.15, 0.2) is 54.9 Å². The van der Waals surface area contributed by atoms with E-state index in [2.05, 4.69) is 20.1 Å². The number of carbonyl (C=O) groups excluding carboxylic acids is 1. The Bertz CT molecular complexity index is 1000. The number of anilines is 1. The molecular formula is C22H23N5O3. The van der Waals surface area contributed by atoms with Crippen molar-refractivity contribution in [3.05, 3.63) is 60.4 Å². The number of amides is 1. The van der Waals surface area contributed by atoms with Gasteiger partial charge in [-0.1, -0.05) is 0 Å². The molecule has 0 saturated carbocycles. The number of hydrogen-bond acceptors (Lipinski definition) is 7. The number of nitrogens with zero attached hydrogens (tertiary/aromatic N) is 5. The van der Waals surface area contributed by atoms with Gasteiger partial charge in [-0.2, -0.15) is 0 Å². The first-order chi connectivity index (χ1) is 14.7. The van der Waals surface area contributed by atoms with Crippen LogP contribution in [0.25, 0.3) is 11.3 Å². The molecule has 4 rings (SSSR count). The molecule has 0 radical (unpaired) electrons. The Morgan fingerprint density at radius 1 is 0.867 bits per heavy atom. The molecule has 1 fully saturated rings. The van der Waals surface area contributed by atoms with E-state index < -0.39 is 0 Å². The summed E-state index contributed by atoms with van der Waals surface area (Å²) in [5, 5.41) is 8.71. The van der Waals surface area contributed by atoms with E-state index in [1.54, 1.807) is 44.8 Å². The molecule has 8 heteroatoms. The zero-order valence-corrected chi connectivity index (χ0v) is 17.0. The molecule has 2 aromatic heterocycles. The third-order valence-electron chi connectivity index (χ3n) is 5.15. The maximum Gasteiger partial charge on any atom is 0.254 e. The zero-order chi connectivity index (χ0) is 20.9. The molecule has 0 atom stereocenters. The number of hydrogen-bond donors (Lipinski definition) is 0. The highest BCUT2D eigenvalue weighted by molar-refractivity contribution is 5.95. The smallest absolute Gasteiger partial charge is 0.254 e. The molecule has 0 bridgehead atoms. The molecule has 1 aromatic carbocycles. The van der Waals surface area contributed by atoms with Gasteiger partial charge in [0.1, 0.15) is 0 Å². The minimum absolute atomic E-state index is 0.0188. The molecule has 30 heavy (non-hydrogen) atoms. The number of piperazine rings is 1. The predicted molar refractivity (Wildman–Crippen MR) is 113 cm³/mol. The zero-order valence-electron chi connectivity index (χ0n) is 17.0. The normalized spacial score (nSPS) is 13.8. The van der Waals surface area contributed by atoms with Gasteiger partial charge in [0.05, 0.1) is 19.9 Å². The second kappa shape index (κ2) is 8.77. The summed E-state index contributed by atoms with van der Waals surface area (Å²) >= 11 is 0. The molecule has 1 aliphatic heterocycles. The predicted octanol–water partition coefficient (Wildman–Crippen LogP) is 2.52. The third kappa shape index (κ3) is 4.03. The molecule has 0 aliphatic carbocycles. The SMILES string of the molecule is COc1ccc(C(=O)N2CCN(c3ccc(-c4ccncc4)nn3)CC2)cc1OC. The summed E-state index contributed by atoms with van der Waals surface area (Å²) in [4.78, 5) is 20.9. The van der Waals surface area contributed by atoms with E-state index in [1.165, 1.54) is 0 Å². The molecule has 0 spiro atoms. The Balaban J connectivity index is 1.39. The Morgan fingerprint density at radius 3 is 2.23 bits per heavy atom. The maximum absolute atomic E-state index is 12.9. The fourth-order valence-corrected chi connectivity index (χ4v) is 3.46. The van der Waals surface area contributed by atoms with E-state index in [4.69, 9.17) is 9.47 Å². The first-order valence-electron chi connectivity index (χ1n) is 9.70. The molecule has 3 aromatic rings. The van der Waals surface area contributed by atoms with Gasteiger partial charge in [0.15, 0.2) is 17.3 Å². The number of ether oxygens (including phenoxy) is 2. The highest BCUT2D eigenvalue weighted by Crippen LogP contribution is 2.28. The first kappa shape index (κ1) is 19.6. The topological polar surface area (TPSA) is 80.7 Å². The van der Waals surface area contributed by atoms with Gasteiger partial charge in [0.25, 0.3) is 5.91 Å². The molecule has 1 amide bonds. The van der Waals surface area contributed by atoms with Gasteiger partial charge >= 0.3 is 0 Å². The number of rotatable bonds is 5. The van der Waals surface area contributed by atoms with Crippen molar-refractivity contribution in [2.45, 2.75) is 0 Å². The molecule has 0 unspecified atom stereocenters. The van der Waals surface area contributed by atoms with Gasteiger partial charge < -0.3 is 19.3 Å². The fraction of sp³-hybridized carbons (Fsp3) is 0.273. The number of aromatic nitrogens is 3. The van der Waals surface area contributed by atoms with Crippen LogP contribution in [-0.4, -0.2) is 66.4 Å². The van der Waals surface area contributed by atoms with Crippen LogP contribution in [0.5, 0.6) is 11.5 Å². The standard InChI is InChI=1S/C22H23N5O3/c1-29-19-5-3-17(15-20(19)30-2)22(28)27-13-11-26(12-14-27)21-6-4-18(24-25-21)16-7-9-23-10-8-16/h3-10,15H,11-14H2,1-2H3. The van der Waals surface area contributed by atoms with Crippen molar-refractivity contribution in [1.29, 1.82) is 0 Å². The van der Waals surface area contributed by atoms with E-state index >= 15 is 0 Å². The van der Waals surface area contributed by atoms with Crippen molar-refractivity contribution < 1.29 is 14.3 Å². The summed E-state index contributed by atoms with van der Waals surface area (Å²) in [5.74, 6) is 1.94. The lowest BCUT2D eigenvalue weighted by molar-refractivity contribution is 0.0746. The van der Waals surface area contributed by atoms with Crippen LogP contribution in [-0.2, 0) is 0 Å². The summed E-state index contributed by atoms with van der Waals surface area (Å²) in [7, 11) is 3.14. The molecule has 154 valence electrons. The summed E-state index contributed by atoms with van der Waals surface area (Å²) in [6, 6.07) is 13.0. The van der Waals surface area contributed by atoms with Gasteiger partial charge in [-0.15, -0.1) is 10.2 Å². The van der Waals surface area contributed by atoms with Crippen LogP contribution in [0.3, 0.4) is 0 Å². The lowest BCUT2D eigenvalue weighted by Crippen LogP contribution is -2.49. The molecule has 1 saturated heterocycles. The Hall–Kier alpha value is -3.68. The quantitative estimate of drug-likeness (QED) is 0.645. The molecular weight excluding hydrogens is 382 g/mol. The van der Waals surface area contributed by atoms with Crippen LogP contribution in [0, 0.1) is 0 Å². The number of benzene rings is 1. The van der Waals surface area contributed by atoms with Crippen molar-refractivity contribution in [2.24, 2.45) is 0 Å². The average Bonchev–Trinajstić information content (AvgIpc) is 2.84. The summed E-state index contributed by atoms with van der Waals surface area (Å²) in [6.45, 7) is 2.62. The Labute approximate surface area is 175 Å². The highest BCUT2D eigenvalue weighted by Gasteiger charge is 2.24. The van der Waals surface area contributed by atoms with Crippen molar-refractivity contribution >= 4 is 11.7 Å². The Morgan fingerprint density at radius 2 is 1.60 bits per heavy atom. The summed E-state index contributed by atoms with van der Waals surface area (Å²) in [5.41, 5.74) is 2.38. The van der Waals surface area contributed by atoms with Gasteiger partial charge in [0, 0.05) is 49.7 Å². The lowest BCUT2D eigenvalue weighted by Gasteiger charge is -2.35. The van der Waals surface area contributed by atoms with E-state index in [1.807, 2.05) is 29.2 Å². The minimum atomic E-state index is -0.0188. The summed E-state index contributed by atoms with van der Waals surface area (Å²) in [6.07, 6.45) is 3.47. The maximum atomic E-state index is 12.9. The minimum Gasteiger partial charge on any atom is -0.493 e. The van der Waals surface area contributed by atoms with E-state index in [9.17, 15) is 4.79 Å². The number of carbonyl (C=O) groups is 1. The average molecular weight is 405 g/mol. The molecule has 3 heterocycles. The first-order valence-corrected chi connectivity index (χ1v) is 9.70. The fourth-order valence-electron chi connectivity index (χ4n) is 3.46. The van der Waals surface area contributed by atoms with Gasteiger partial charge in [-0.05, 0) is 42.5 Å². The Kier molecular flexibility index (Phi) is 5.74. The molecule has 0 N–H and O–H groups in total. The highest BCUT2D eigenvalue weighted by atomic mass is 16.5. The van der Waals surface area contributed by atoms with Crippen molar-refractivity contribution in [2.75, 3.05) is 45.3 Å². The second-order valence-electron chi connectivity index (χ2n) is 6.86. The largest absolute Gasteiger partial charge is 0.493 e. The van der Waals surface area contributed by atoms with Gasteiger partial charge in [0.2, 0.25) is 0 Å². The van der Waals surface area contributed by atoms with Crippen molar-refractivity contribution in [1.82, 2.24) is 20.1 Å². The van der Waals surface area contributed by atoms with Crippen molar-refractivity contribution in [3.63, 3.8) is 0 Å². The lowest BCUT2D eigenvalue weighted by atomic mass is 10.1. The molecule has 8 nitrogen and oxygen atoms in total. The van der Waals surface area contributed by atoms with Crippen LogP contribution in [0.4, 0.5) is 5.82 Å². The van der Waals surface area contributed by atoms with Crippen LogP contribution in [0.1, 0.15) is 10.4 Å². The number of methoxy groups -OCH3 is 2. The van der Waals surface area contributed by atoms with Crippen LogP contribution < -0.4 is 14.4 Å². The van der Waals surface area contributed by atoms with Crippen molar-refractivity contribution in [3.8, 4) is 22.8 Å². The van der Waals surface area contributed by atoms with Crippen LogP contribution in [0.2, 0.25) is 0 Å². The van der Waals surface area contributed by atoms with E-state index in [-0.39, 0.29) is 5.91 Å². The van der Waals surface area contributed by atoms with Gasteiger partial charge in [-0.3, -0.25) is 9.78 Å². The van der Waals surface area contributed by atoms with E-state index in [0.29, 0.717) is 43.2 Å². The van der Waals surface area contributed by atoms with Crippen LogP contribution >= 0.6 is 0 Å². The summed E-state index contributed by atoms with van der Waals surface area (Å²) < 4.78 is 10.6.